The van der Waals surface area contributed by atoms with E-state index in [1.807, 2.05) is 6.92 Å². The lowest BCUT2D eigenvalue weighted by Gasteiger charge is -2.23. The fraction of sp³-hybridized carbons (Fsp3) is 0.714. The van der Waals surface area contributed by atoms with Crippen molar-refractivity contribution >= 4 is 47.7 Å². The van der Waals surface area contributed by atoms with Crippen molar-refractivity contribution in [2.24, 2.45) is 4.99 Å². The van der Waals surface area contributed by atoms with Gasteiger partial charge in [0.15, 0.2) is 5.17 Å². The lowest BCUT2D eigenvalue weighted by molar-refractivity contribution is -0.116. The third kappa shape index (κ3) is 4.31. The quantitative estimate of drug-likeness (QED) is 0.827. The third-order valence-electron chi connectivity index (χ3n) is 4.06. The molecule has 1 N–H and O–H groups in total. The Balaban J connectivity index is 0.00000121. The van der Waals surface area contributed by atoms with Gasteiger partial charge < -0.3 is 15.1 Å². The number of nitrogens with zero attached hydrogens (tertiary/aromatic N) is 3. The maximum absolute atomic E-state index is 12.3. The SMILES string of the molecule is CC1=C(C(=O)NCCN2CCCC2)SC2=NCCCN21.Cl.Cl. The average Bonchev–Trinajstić information content (AvgIpc) is 3.08. The van der Waals surface area contributed by atoms with Gasteiger partial charge in [0.1, 0.15) is 0 Å². The first-order valence-electron chi connectivity index (χ1n) is 7.47. The molecular weight excluding hydrogens is 343 g/mol. The van der Waals surface area contributed by atoms with Crippen molar-refractivity contribution in [2.45, 2.75) is 26.2 Å². The Morgan fingerprint density at radius 2 is 1.95 bits per heavy atom. The molecule has 1 fully saturated rings. The number of amidine groups is 1. The Labute approximate surface area is 148 Å². The van der Waals surface area contributed by atoms with Crippen molar-refractivity contribution in [3.8, 4) is 0 Å². The summed E-state index contributed by atoms with van der Waals surface area (Å²) in [6.45, 7) is 7.96. The van der Waals surface area contributed by atoms with Crippen LogP contribution in [0.5, 0.6) is 0 Å². The molecule has 22 heavy (non-hydrogen) atoms. The van der Waals surface area contributed by atoms with E-state index in [1.165, 1.54) is 37.7 Å². The van der Waals surface area contributed by atoms with Crippen LogP contribution in [0.4, 0.5) is 0 Å². The number of allylic oxidation sites excluding steroid dienone is 1. The van der Waals surface area contributed by atoms with Crippen LogP contribution in [0.3, 0.4) is 0 Å². The molecule has 3 rings (SSSR count). The summed E-state index contributed by atoms with van der Waals surface area (Å²) in [6, 6.07) is 0. The van der Waals surface area contributed by atoms with Crippen LogP contribution in [0, 0.1) is 0 Å². The molecule has 5 nitrogen and oxygen atoms in total. The Kier molecular flexibility index (Phi) is 8.03. The first-order valence-corrected chi connectivity index (χ1v) is 8.28. The summed E-state index contributed by atoms with van der Waals surface area (Å²) in [5.74, 6) is 0.0591. The molecule has 0 bridgehead atoms. The largest absolute Gasteiger partial charge is 0.350 e. The van der Waals surface area contributed by atoms with E-state index in [0.29, 0.717) is 0 Å². The Morgan fingerprint density at radius 1 is 1.23 bits per heavy atom. The molecule has 1 amide bonds. The van der Waals surface area contributed by atoms with Crippen molar-refractivity contribution in [1.29, 1.82) is 0 Å². The molecule has 1 saturated heterocycles. The van der Waals surface area contributed by atoms with Crippen LogP contribution in [-0.4, -0.2) is 60.1 Å². The monoisotopic (exact) mass is 366 g/mol. The zero-order valence-electron chi connectivity index (χ0n) is 12.8. The molecule has 0 spiro atoms. The van der Waals surface area contributed by atoms with Crippen molar-refractivity contribution < 1.29 is 4.79 Å². The van der Waals surface area contributed by atoms with Gasteiger partial charge in [-0.3, -0.25) is 9.79 Å². The minimum atomic E-state index is 0. The van der Waals surface area contributed by atoms with Gasteiger partial charge in [-0.15, -0.1) is 24.8 Å². The molecule has 0 aromatic carbocycles. The summed E-state index contributed by atoms with van der Waals surface area (Å²) in [6.07, 6.45) is 3.66. The summed E-state index contributed by atoms with van der Waals surface area (Å²) in [5, 5.41) is 4.05. The number of hydrogen-bond acceptors (Lipinski definition) is 5. The number of nitrogens with one attached hydrogen (secondary N) is 1. The molecule has 0 radical (unpaired) electrons. The Bertz CT molecular complexity index is 464. The predicted octanol–water partition coefficient (Wildman–Crippen LogP) is 2.08. The van der Waals surface area contributed by atoms with Gasteiger partial charge in [-0.05, 0) is 51.0 Å². The number of carbonyl (C=O) groups is 1. The normalized spacial score (nSPS) is 21.0. The molecule has 126 valence electrons. The second-order valence-electron chi connectivity index (χ2n) is 5.49. The molecule has 3 aliphatic heterocycles. The van der Waals surface area contributed by atoms with E-state index >= 15 is 0 Å². The number of rotatable bonds is 4. The van der Waals surface area contributed by atoms with Crippen LogP contribution in [-0.2, 0) is 4.79 Å². The van der Waals surface area contributed by atoms with Crippen molar-refractivity contribution in [2.75, 3.05) is 39.3 Å². The van der Waals surface area contributed by atoms with Crippen molar-refractivity contribution in [1.82, 2.24) is 15.1 Å². The average molecular weight is 367 g/mol. The summed E-state index contributed by atoms with van der Waals surface area (Å²) in [4.78, 5) is 22.2. The number of aliphatic imine (C=N–C) groups is 1. The summed E-state index contributed by atoms with van der Waals surface area (Å²) < 4.78 is 0. The standard InChI is InChI=1S/C14H22N4OS.2ClH/c1-11-12(20-14-16-5-4-9-18(11)14)13(19)15-6-10-17-7-2-3-8-17;;/h2-10H2,1H3,(H,15,19);2*1H. The predicted molar refractivity (Wildman–Crippen MR) is 97.1 cm³/mol. The Morgan fingerprint density at radius 3 is 2.64 bits per heavy atom. The van der Waals surface area contributed by atoms with E-state index in [1.54, 1.807) is 0 Å². The molecule has 8 heteroatoms. The number of hydrogen-bond donors (Lipinski definition) is 1. The van der Waals surface area contributed by atoms with Gasteiger partial charge in [-0.2, -0.15) is 0 Å². The van der Waals surface area contributed by atoms with Crippen LogP contribution >= 0.6 is 36.6 Å². The first-order chi connectivity index (χ1) is 9.75. The van der Waals surface area contributed by atoms with Crippen LogP contribution in [0.25, 0.3) is 0 Å². The summed E-state index contributed by atoms with van der Waals surface area (Å²) in [5.41, 5.74) is 1.06. The fourth-order valence-electron chi connectivity index (χ4n) is 2.90. The number of thioether (sulfide) groups is 1. The summed E-state index contributed by atoms with van der Waals surface area (Å²) in [7, 11) is 0. The second-order valence-corrected chi connectivity index (χ2v) is 6.47. The van der Waals surface area contributed by atoms with Gasteiger partial charge in [0, 0.05) is 31.9 Å². The highest BCUT2D eigenvalue weighted by atomic mass is 35.5. The Hall–Kier alpha value is -0.430. The first kappa shape index (κ1) is 19.6. The number of fused-ring (bicyclic) bond motifs is 1. The summed E-state index contributed by atoms with van der Waals surface area (Å²) >= 11 is 1.52. The lowest BCUT2D eigenvalue weighted by atomic mass is 10.3. The van der Waals surface area contributed by atoms with Crippen LogP contribution in [0.2, 0.25) is 0 Å². The number of likely N-dealkylation sites (tertiary alicyclic amines) is 1. The highest BCUT2D eigenvalue weighted by molar-refractivity contribution is 8.18. The zero-order chi connectivity index (χ0) is 13.9. The second kappa shape index (κ2) is 9.01. The van der Waals surface area contributed by atoms with Crippen LogP contribution in [0.1, 0.15) is 26.2 Å². The van der Waals surface area contributed by atoms with Gasteiger partial charge in [0.2, 0.25) is 0 Å². The molecule has 0 saturated carbocycles. The van der Waals surface area contributed by atoms with Gasteiger partial charge in [0.05, 0.1) is 4.91 Å². The maximum atomic E-state index is 12.3. The van der Waals surface area contributed by atoms with Crippen LogP contribution < -0.4 is 5.32 Å². The van der Waals surface area contributed by atoms with E-state index in [-0.39, 0.29) is 30.7 Å². The van der Waals surface area contributed by atoms with Gasteiger partial charge in [-0.1, -0.05) is 0 Å². The van der Waals surface area contributed by atoms with Crippen molar-refractivity contribution in [3.63, 3.8) is 0 Å². The smallest absolute Gasteiger partial charge is 0.259 e. The highest BCUT2D eigenvalue weighted by Gasteiger charge is 2.31. The van der Waals surface area contributed by atoms with Gasteiger partial charge in [0.25, 0.3) is 5.91 Å². The van der Waals surface area contributed by atoms with E-state index in [0.717, 1.165) is 48.4 Å². The van der Waals surface area contributed by atoms with Crippen molar-refractivity contribution in [3.05, 3.63) is 10.6 Å². The van der Waals surface area contributed by atoms with Gasteiger partial charge >= 0.3 is 0 Å². The number of halogens is 2. The minimum absolute atomic E-state index is 0. The maximum Gasteiger partial charge on any atom is 0.259 e. The molecule has 0 aromatic heterocycles. The highest BCUT2D eigenvalue weighted by Crippen LogP contribution is 2.35. The van der Waals surface area contributed by atoms with E-state index in [9.17, 15) is 4.79 Å². The number of amides is 1. The fourth-order valence-corrected chi connectivity index (χ4v) is 4.00. The number of carbonyl (C=O) groups excluding carboxylic acids is 1. The molecule has 0 atom stereocenters. The van der Waals surface area contributed by atoms with E-state index in [2.05, 4.69) is 20.1 Å². The van der Waals surface area contributed by atoms with Crippen LogP contribution in [0.15, 0.2) is 15.6 Å². The molecular formula is C14H24Cl2N4OS. The third-order valence-corrected chi connectivity index (χ3v) is 5.28. The van der Waals surface area contributed by atoms with Gasteiger partial charge in [-0.25, -0.2) is 0 Å². The van der Waals surface area contributed by atoms with E-state index in [4.69, 9.17) is 0 Å². The lowest BCUT2D eigenvalue weighted by Crippen LogP contribution is -2.34. The van der Waals surface area contributed by atoms with E-state index < -0.39 is 0 Å². The minimum Gasteiger partial charge on any atom is -0.350 e. The molecule has 0 aliphatic carbocycles. The molecule has 3 aliphatic rings. The molecule has 0 aromatic rings. The zero-order valence-corrected chi connectivity index (χ0v) is 15.3. The molecule has 3 heterocycles. The topological polar surface area (TPSA) is 47.9 Å². The molecule has 0 unspecified atom stereocenters.